The highest BCUT2D eigenvalue weighted by molar-refractivity contribution is 14.1. The fourth-order valence-electron chi connectivity index (χ4n) is 2.50. The summed E-state index contributed by atoms with van der Waals surface area (Å²) in [5, 5.41) is 9.86. The van der Waals surface area contributed by atoms with Crippen molar-refractivity contribution in [1.29, 1.82) is 0 Å². The van der Waals surface area contributed by atoms with Crippen LogP contribution in [0.4, 0.5) is 0 Å². The molecule has 1 N–H and O–H groups in total. The number of halogens is 2. The van der Waals surface area contributed by atoms with Crippen molar-refractivity contribution in [2.75, 3.05) is 5.75 Å². The molecule has 4 nitrogen and oxygen atoms in total. The third-order valence-corrected chi connectivity index (χ3v) is 6.78. The molecule has 1 aliphatic carbocycles. The molecule has 7 heteroatoms. The van der Waals surface area contributed by atoms with Gasteiger partial charge in [-0.2, -0.15) is 0 Å². The molecule has 0 bridgehead atoms. The number of hydrogen-bond acceptors (Lipinski definition) is 3. The van der Waals surface area contributed by atoms with Crippen molar-refractivity contribution in [2.24, 2.45) is 5.92 Å². The highest BCUT2D eigenvalue weighted by Gasteiger charge is 2.48. The molecule has 112 valence electrons. The summed E-state index contributed by atoms with van der Waals surface area (Å²) in [6.07, 6.45) is 2.14. The Hall–Kier alpha value is -0.470. The van der Waals surface area contributed by atoms with Gasteiger partial charge in [0.2, 0.25) is 0 Å². The average molecular weight is 438 g/mol. The van der Waals surface area contributed by atoms with E-state index in [9.17, 15) is 14.7 Å². The SMILES string of the molecule is O=C(O)C1CSC(C2CC2)N1C(=O)c1ccc(I)c(Cl)c1. The Balaban J connectivity index is 1.91. The van der Waals surface area contributed by atoms with Crippen LogP contribution < -0.4 is 0 Å². The van der Waals surface area contributed by atoms with E-state index in [0.29, 0.717) is 22.3 Å². The van der Waals surface area contributed by atoms with Crippen molar-refractivity contribution in [2.45, 2.75) is 24.3 Å². The smallest absolute Gasteiger partial charge is 0.327 e. The van der Waals surface area contributed by atoms with E-state index in [1.807, 2.05) is 0 Å². The van der Waals surface area contributed by atoms with E-state index in [1.54, 1.807) is 34.9 Å². The van der Waals surface area contributed by atoms with Gasteiger partial charge in [-0.15, -0.1) is 11.8 Å². The molecule has 1 aromatic rings. The highest BCUT2D eigenvalue weighted by atomic mass is 127. The van der Waals surface area contributed by atoms with E-state index in [1.165, 1.54) is 0 Å². The molecule has 2 unspecified atom stereocenters. The van der Waals surface area contributed by atoms with Crippen LogP contribution in [0.2, 0.25) is 5.02 Å². The van der Waals surface area contributed by atoms with Crippen LogP contribution >= 0.6 is 46.0 Å². The van der Waals surface area contributed by atoms with E-state index in [0.717, 1.165) is 16.4 Å². The topological polar surface area (TPSA) is 57.6 Å². The first-order valence-corrected chi connectivity index (χ1v) is 9.11. The maximum Gasteiger partial charge on any atom is 0.327 e. The Morgan fingerprint density at radius 2 is 2.10 bits per heavy atom. The Kier molecular flexibility index (Phi) is 4.38. The van der Waals surface area contributed by atoms with Crippen LogP contribution in [0.25, 0.3) is 0 Å². The number of hydrogen-bond donors (Lipinski definition) is 1. The lowest BCUT2D eigenvalue weighted by atomic mass is 10.1. The maximum absolute atomic E-state index is 12.8. The summed E-state index contributed by atoms with van der Waals surface area (Å²) in [4.78, 5) is 25.7. The van der Waals surface area contributed by atoms with Crippen LogP contribution in [0.3, 0.4) is 0 Å². The summed E-state index contributed by atoms with van der Waals surface area (Å²) in [5.41, 5.74) is 0.458. The minimum absolute atomic E-state index is 0.0170. The zero-order valence-electron chi connectivity index (χ0n) is 11.0. The summed E-state index contributed by atoms with van der Waals surface area (Å²) in [5.74, 6) is -0.277. The molecular weight excluding hydrogens is 425 g/mol. The number of carbonyl (C=O) groups excluding carboxylic acids is 1. The van der Waals surface area contributed by atoms with Gasteiger partial charge >= 0.3 is 5.97 Å². The van der Waals surface area contributed by atoms with Crippen molar-refractivity contribution < 1.29 is 14.7 Å². The lowest BCUT2D eigenvalue weighted by molar-refractivity contribution is -0.141. The molecule has 1 saturated carbocycles. The van der Waals surface area contributed by atoms with Crippen LogP contribution in [-0.4, -0.2) is 39.1 Å². The Morgan fingerprint density at radius 3 is 2.67 bits per heavy atom. The molecule has 2 fully saturated rings. The molecule has 21 heavy (non-hydrogen) atoms. The molecule has 1 heterocycles. The number of benzene rings is 1. The third-order valence-electron chi connectivity index (χ3n) is 3.75. The molecule has 1 aliphatic heterocycles. The second kappa shape index (κ2) is 5.96. The van der Waals surface area contributed by atoms with Crippen molar-refractivity contribution in [3.05, 3.63) is 32.4 Å². The quantitative estimate of drug-likeness (QED) is 0.737. The van der Waals surface area contributed by atoms with Gasteiger partial charge in [0, 0.05) is 14.9 Å². The Labute approximate surface area is 145 Å². The van der Waals surface area contributed by atoms with Gasteiger partial charge in [-0.3, -0.25) is 4.79 Å². The molecule has 0 radical (unpaired) electrons. The molecule has 0 spiro atoms. The Bertz CT molecular complexity index is 608. The third kappa shape index (κ3) is 3.03. The first-order valence-electron chi connectivity index (χ1n) is 6.61. The highest BCUT2D eigenvalue weighted by Crippen LogP contribution is 2.46. The van der Waals surface area contributed by atoms with Gasteiger partial charge in [0.15, 0.2) is 0 Å². The first kappa shape index (κ1) is 15.4. The average Bonchev–Trinajstić information content (AvgIpc) is 3.19. The van der Waals surface area contributed by atoms with Crippen molar-refractivity contribution in [3.63, 3.8) is 0 Å². The fraction of sp³-hybridized carbons (Fsp3) is 0.429. The first-order chi connectivity index (χ1) is 9.99. The molecule has 1 aromatic carbocycles. The number of thioether (sulfide) groups is 1. The van der Waals surface area contributed by atoms with Gasteiger partial charge in [0.05, 0.1) is 10.4 Å². The summed E-state index contributed by atoms with van der Waals surface area (Å²) in [6, 6.07) is 4.37. The predicted molar refractivity (Wildman–Crippen MR) is 90.7 cm³/mol. The number of carboxylic acids is 1. The Morgan fingerprint density at radius 1 is 1.38 bits per heavy atom. The van der Waals surface area contributed by atoms with Gasteiger partial charge in [-0.25, -0.2) is 4.79 Å². The number of nitrogens with zero attached hydrogens (tertiary/aromatic N) is 1. The van der Waals surface area contributed by atoms with Crippen molar-refractivity contribution >= 4 is 57.8 Å². The van der Waals surface area contributed by atoms with Crippen LogP contribution in [0, 0.1) is 9.49 Å². The molecule has 1 amide bonds. The van der Waals surface area contributed by atoms with Crippen LogP contribution in [0.5, 0.6) is 0 Å². The fourth-order valence-corrected chi connectivity index (χ4v) is 4.64. The van der Waals surface area contributed by atoms with Crippen LogP contribution in [0.15, 0.2) is 18.2 Å². The number of carboxylic acid groups (broad SMARTS) is 1. The van der Waals surface area contributed by atoms with E-state index in [2.05, 4.69) is 22.6 Å². The zero-order chi connectivity index (χ0) is 15.1. The lowest BCUT2D eigenvalue weighted by Gasteiger charge is -2.27. The second-order valence-electron chi connectivity index (χ2n) is 5.26. The monoisotopic (exact) mass is 437 g/mol. The zero-order valence-corrected chi connectivity index (χ0v) is 14.7. The minimum atomic E-state index is -0.935. The van der Waals surface area contributed by atoms with E-state index < -0.39 is 12.0 Å². The molecule has 1 saturated heterocycles. The lowest BCUT2D eigenvalue weighted by Crippen LogP contribution is -2.46. The van der Waals surface area contributed by atoms with Crippen LogP contribution in [0.1, 0.15) is 23.2 Å². The maximum atomic E-state index is 12.8. The van der Waals surface area contributed by atoms with Gasteiger partial charge in [0.1, 0.15) is 6.04 Å². The summed E-state index contributed by atoms with van der Waals surface area (Å²) in [6.45, 7) is 0. The molecule has 2 aliphatic rings. The largest absolute Gasteiger partial charge is 0.480 e. The van der Waals surface area contributed by atoms with E-state index >= 15 is 0 Å². The number of aliphatic carboxylic acids is 1. The molecule has 2 atom stereocenters. The second-order valence-corrected chi connectivity index (χ2v) is 7.98. The number of rotatable bonds is 3. The predicted octanol–water partition coefficient (Wildman–Crippen LogP) is 3.32. The van der Waals surface area contributed by atoms with Crippen molar-refractivity contribution in [3.8, 4) is 0 Å². The minimum Gasteiger partial charge on any atom is -0.480 e. The van der Waals surface area contributed by atoms with E-state index in [-0.39, 0.29) is 11.3 Å². The summed E-state index contributed by atoms with van der Waals surface area (Å²) < 4.78 is 0.871. The number of amides is 1. The van der Waals surface area contributed by atoms with Gasteiger partial charge in [-0.1, -0.05) is 11.6 Å². The summed E-state index contributed by atoms with van der Waals surface area (Å²) in [7, 11) is 0. The van der Waals surface area contributed by atoms with E-state index in [4.69, 9.17) is 11.6 Å². The number of carbonyl (C=O) groups is 2. The standard InChI is InChI=1S/C14H13ClINO3S/c15-9-5-8(3-4-10(9)16)12(18)17-11(14(19)20)6-21-13(17)7-1-2-7/h3-5,7,11,13H,1-2,6H2,(H,19,20). The van der Waals surface area contributed by atoms with Gasteiger partial charge < -0.3 is 10.0 Å². The normalized spacial score (nSPS) is 25.1. The molecule has 3 rings (SSSR count). The molecular formula is C14H13ClINO3S. The van der Waals surface area contributed by atoms with Crippen molar-refractivity contribution in [1.82, 2.24) is 4.90 Å². The van der Waals surface area contributed by atoms with Crippen LogP contribution in [-0.2, 0) is 4.79 Å². The summed E-state index contributed by atoms with van der Waals surface area (Å²) >= 11 is 9.75. The molecule has 0 aromatic heterocycles. The van der Waals surface area contributed by atoms with Gasteiger partial charge in [0.25, 0.3) is 5.91 Å². The van der Waals surface area contributed by atoms with Gasteiger partial charge in [-0.05, 0) is 59.5 Å².